The van der Waals surface area contributed by atoms with E-state index in [4.69, 9.17) is 0 Å². The number of benzene rings is 8. The van der Waals surface area contributed by atoms with Gasteiger partial charge < -0.3 is 9.80 Å². The number of rotatable bonds is 6. The lowest BCUT2D eigenvalue weighted by atomic mass is 9.89. The predicted octanol–water partition coefficient (Wildman–Crippen LogP) is 16.2. The molecule has 62 heavy (non-hydrogen) atoms. The van der Waals surface area contributed by atoms with Crippen molar-refractivity contribution in [2.75, 3.05) is 9.80 Å². The molecule has 0 heterocycles. The third-order valence-corrected chi connectivity index (χ3v) is 15.4. The van der Waals surface area contributed by atoms with E-state index in [1.165, 1.54) is 199 Å². The molecule has 8 aromatic rings. The van der Waals surface area contributed by atoms with E-state index in [1.54, 1.807) is 0 Å². The Bertz CT molecular complexity index is 2960. The summed E-state index contributed by atoms with van der Waals surface area (Å²) in [5, 5.41) is 7.86. The number of nitrogens with zero attached hydrogens (tertiary/aromatic N) is 2. The van der Waals surface area contributed by atoms with E-state index in [2.05, 4.69) is 145 Å². The summed E-state index contributed by atoms with van der Waals surface area (Å²) in [6, 6.07) is 48.8. The van der Waals surface area contributed by atoms with Gasteiger partial charge in [-0.05, 0) is 260 Å². The summed E-state index contributed by atoms with van der Waals surface area (Å²) in [6.45, 7) is 4.59. The fourth-order valence-corrected chi connectivity index (χ4v) is 11.9. The molecule has 0 aliphatic heterocycles. The molecule has 0 bridgehead atoms. The first-order valence-electron chi connectivity index (χ1n) is 24.0. The average molecular weight is 807 g/mol. The molecule has 0 radical (unpaired) electrons. The molecule has 0 fully saturated rings. The molecule has 0 unspecified atom stereocenters. The van der Waals surface area contributed by atoms with Crippen molar-refractivity contribution < 1.29 is 0 Å². The Labute approximate surface area is 368 Å². The average Bonchev–Trinajstić information content (AvgIpc) is 3.32. The Morgan fingerprint density at radius 2 is 0.581 bits per heavy atom. The van der Waals surface area contributed by atoms with Crippen molar-refractivity contribution >= 4 is 66.4 Å². The first kappa shape index (κ1) is 37.9. The van der Waals surface area contributed by atoms with Crippen molar-refractivity contribution in [2.45, 2.75) is 117 Å². The second-order valence-electron chi connectivity index (χ2n) is 19.2. The lowest BCUT2D eigenvalue weighted by Crippen LogP contribution is -2.15. The number of aryl methyl sites for hydroxylation is 10. The number of hydrogen-bond donors (Lipinski definition) is 0. The molecule has 4 aliphatic rings. The molecular weight excluding hydrogens is 749 g/mol. The van der Waals surface area contributed by atoms with Crippen LogP contribution < -0.4 is 9.80 Å². The van der Waals surface area contributed by atoms with Crippen LogP contribution in [0, 0.1) is 13.8 Å². The highest BCUT2D eigenvalue weighted by Crippen LogP contribution is 2.49. The van der Waals surface area contributed by atoms with Crippen LogP contribution >= 0.6 is 0 Å². The van der Waals surface area contributed by atoms with Crippen LogP contribution in [0.2, 0.25) is 0 Å². The largest absolute Gasteiger partial charge is 0.310 e. The summed E-state index contributed by atoms with van der Waals surface area (Å²) < 4.78 is 0. The lowest BCUT2D eigenvalue weighted by Gasteiger charge is -2.32. The van der Waals surface area contributed by atoms with Crippen LogP contribution in [0.1, 0.15) is 107 Å². The minimum absolute atomic E-state index is 1.16. The van der Waals surface area contributed by atoms with Gasteiger partial charge in [-0.3, -0.25) is 0 Å². The van der Waals surface area contributed by atoms with Crippen molar-refractivity contribution in [2.24, 2.45) is 0 Å². The van der Waals surface area contributed by atoms with Crippen LogP contribution in [0.4, 0.5) is 34.1 Å². The van der Waals surface area contributed by atoms with Crippen molar-refractivity contribution in [3.05, 3.63) is 177 Å². The SMILES string of the molecule is Cc1cc2c(N(c3ccc4c(c3)CCCC4)c3ccc4c(c3)CCCC4)cc3c4ccccc4c(N(c4ccc5c(c4)CCCC5)c4ccc5c(c4)CCCC5)cc3c2cc1C. The Morgan fingerprint density at radius 3 is 0.984 bits per heavy atom. The summed E-state index contributed by atoms with van der Waals surface area (Å²) in [5.74, 6) is 0. The predicted molar refractivity (Wildman–Crippen MR) is 264 cm³/mol. The summed E-state index contributed by atoms with van der Waals surface area (Å²) in [7, 11) is 0. The molecule has 0 saturated heterocycles. The Hall–Kier alpha value is -5.86. The van der Waals surface area contributed by atoms with Gasteiger partial charge in [0.25, 0.3) is 0 Å². The molecule has 2 heteroatoms. The molecule has 2 nitrogen and oxygen atoms in total. The van der Waals surface area contributed by atoms with Gasteiger partial charge in [0.05, 0.1) is 11.4 Å². The summed E-state index contributed by atoms with van der Waals surface area (Å²) in [5.41, 5.74) is 22.5. The van der Waals surface area contributed by atoms with Crippen LogP contribution in [0.25, 0.3) is 32.3 Å². The first-order valence-corrected chi connectivity index (χ1v) is 24.0. The zero-order valence-electron chi connectivity index (χ0n) is 36.8. The van der Waals surface area contributed by atoms with E-state index < -0.39 is 0 Å². The lowest BCUT2D eigenvalue weighted by molar-refractivity contribution is 0.685. The van der Waals surface area contributed by atoms with Gasteiger partial charge in [0.2, 0.25) is 0 Å². The summed E-state index contributed by atoms with van der Waals surface area (Å²) >= 11 is 0. The number of hydrogen-bond acceptors (Lipinski definition) is 2. The van der Waals surface area contributed by atoms with E-state index in [0.717, 1.165) is 25.7 Å². The van der Waals surface area contributed by atoms with E-state index >= 15 is 0 Å². The van der Waals surface area contributed by atoms with Crippen molar-refractivity contribution in [1.29, 1.82) is 0 Å². The van der Waals surface area contributed by atoms with E-state index in [9.17, 15) is 0 Å². The molecule has 0 saturated carbocycles. The van der Waals surface area contributed by atoms with Gasteiger partial charge in [0, 0.05) is 33.5 Å². The fraction of sp³-hybridized carbons (Fsp3) is 0.300. The number of fused-ring (bicyclic) bond motifs is 9. The van der Waals surface area contributed by atoms with Crippen molar-refractivity contribution in [1.82, 2.24) is 0 Å². The zero-order chi connectivity index (χ0) is 41.3. The zero-order valence-corrected chi connectivity index (χ0v) is 36.8. The Balaban J connectivity index is 1.14. The van der Waals surface area contributed by atoms with Gasteiger partial charge in [0.1, 0.15) is 0 Å². The minimum Gasteiger partial charge on any atom is -0.310 e. The molecule has 0 atom stereocenters. The smallest absolute Gasteiger partial charge is 0.0546 e. The second kappa shape index (κ2) is 15.5. The van der Waals surface area contributed by atoms with E-state index in [-0.39, 0.29) is 0 Å². The highest BCUT2D eigenvalue weighted by molar-refractivity contribution is 6.24. The molecule has 12 rings (SSSR count). The standard InChI is InChI=1S/C60H58N2/c1-39-31-55-57-38-59(61(49-27-23-41-13-3-7-17-45(41)33-49)50-28-24-42-14-4-8-18-46(42)34-50)54-22-12-11-21-53(54)56(57)37-60(58(55)32-40(39)2)62(51-29-25-43-15-5-9-19-47(43)35-51)52-30-26-44-16-6-10-20-48(44)36-52/h11-12,21-38H,3-10,13-20H2,1-2H3. The summed E-state index contributed by atoms with van der Waals surface area (Å²) in [4.78, 5) is 5.23. The number of anilines is 6. The van der Waals surface area contributed by atoms with Gasteiger partial charge in [-0.2, -0.15) is 0 Å². The highest BCUT2D eigenvalue weighted by Gasteiger charge is 2.26. The van der Waals surface area contributed by atoms with Gasteiger partial charge in [-0.1, -0.05) is 54.6 Å². The maximum Gasteiger partial charge on any atom is 0.0546 e. The van der Waals surface area contributed by atoms with E-state index in [1.807, 2.05) is 0 Å². The molecule has 0 N–H and O–H groups in total. The fourth-order valence-electron chi connectivity index (χ4n) is 11.9. The monoisotopic (exact) mass is 806 g/mol. The van der Waals surface area contributed by atoms with Gasteiger partial charge in [-0.15, -0.1) is 0 Å². The molecule has 8 aromatic carbocycles. The molecule has 0 amide bonds. The Kier molecular flexibility index (Phi) is 9.46. The normalized spacial score (nSPS) is 15.8. The Morgan fingerprint density at radius 1 is 0.274 bits per heavy atom. The first-order chi connectivity index (χ1) is 30.5. The maximum atomic E-state index is 2.62. The topological polar surface area (TPSA) is 6.48 Å². The van der Waals surface area contributed by atoms with Crippen LogP contribution in [-0.4, -0.2) is 0 Å². The van der Waals surface area contributed by atoms with Crippen molar-refractivity contribution in [3.8, 4) is 0 Å². The van der Waals surface area contributed by atoms with Crippen LogP contribution in [0.5, 0.6) is 0 Å². The third-order valence-electron chi connectivity index (χ3n) is 15.4. The minimum atomic E-state index is 1.16. The molecule has 308 valence electrons. The molecular formula is C60H58N2. The molecule has 0 aromatic heterocycles. The van der Waals surface area contributed by atoms with Gasteiger partial charge in [0.15, 0.2) is 0 Å². The van der Waals surface area contributed by atoms with Crippen LogP contribution in [0.15, 0.2) is 121 Å². The van der Waals surface area contributed by atoms with Crippen LogP contribution in [0.3, 0.4) is 0 Å². The molecule has 4 aliphatic carbocycles. The van der Waals surface area contributed by atoms with Gasteiger partial charge >= 0.3 is 0 Å². The quantitative estimate of drug-likeness (QED) is 0.154. The molecule has 0 spiro atoms. The van der Waals surface area contributed by atoms with Gasteiger partial charge in [-0.25, -0.2) is 0 Å². The second-order valence-corrected chi connectivity index (χ2v) is 19.2. The van der Waals surface area contributed by atoms with Crippen LogP contribution in [-0.2, 0) is 51.4 Å². The highest BCUT2D eigenvalue weighted by atomic mass is 15.2. The van der Waals surface area contributed by atoms with Crippen molar-refractivity contribution in [3.63, 3.8) is 0 Å². The maximum absolute atomic E-state index is 2.62. The third kappa shape index (κ3) is 6.52. The van der Waals surface area contributed by atoms with E-state index in [0.29, 0.717) is 0 Å². The summed E-state index contributed by atoms with van der Waals surface area (Å²) in [6.07, 6.45) is 19.7.